The van der Waals surface area contributed by atoms with Crippen molar-refractivity contribution in [3.05, 3.63) is 23.4 Å². The molecule has 0 N–H and O–H groups in total. The first-order chi connectivity index (χ1) is 9.79. The molecule has 0 spiro atoms. The highest BCUT2D eigenvalue weighted by Gasteiger charge is 2.24. The second-order valence-electron chi connectivity index (χ2n) is 5.96. The Labute approximate surface area is 120 Å². The highest BCUT2D eigenvalue weighted by atomic mass is 16.1. The molecule has 0 aromatic carbocycles. The number of hydrogen-bond acceptors (Lipinski definition) is 3. The second kappa shape index (κ2) is 5.81. The van der Waals surface area contributed by atoms with Crippen LogP contribution in [0.15, 0.2) is 12.3 Å². The van der Waals surface area contributed by atoms with Gasteiger partial charge in [0.2, 0.25) is 6.41 Å². The van der Waals surface area contributed by atoms with E-state index in [1.807, 2.05) is 11.1 Å². The lowest BCUT2D eigenvalue weighted by molar-refractivity contribution is -0.121. The Morgan fingerprint density at radius 2 is 1.95 bits per heavy atom. The highest BCUT2D eigenvalue weighted by Crippen LogP contribution is 2.31. The SMILES string of the molecule is Cc1cc([C@@H]2CCCCN2C=O)cnc1N1CCCC1. The van der Waals surface area contributed by atoms with Crippen LogP contribution in [-0.4, -0.2) is 35.9 Å². The molecular weight excluding hydrogens is 250 g/mol. The summed E-state index contributed by atoms with van der Waals surface area (Å²) >= 11 is 0. The number of nitrogens with zero attached hydrogens (tertiary/aromatic N) is 3. The monoisotopic (exact) mass is 273 g/mol. The van der Waals surface area contributed by atoms with Crippen LogP contribution in [0, 0.1) is 6.92 Å². The number of hydrogen-bond donors (Lipinski definition) is 0. The Morgan fingerprint density at radius 1 is 1.20 bits per heavy atom. The number of carbonyl (C=O) groups is 1. The van der Waals surface area contributed by atoms with Gasteiger partial charge in [-0.1, -0.05) is 0 Å². The van der Waals surface area contributed by atoms with Crippen molar-refractivity contribution in [3.8, 4) is 0 Å². The maximum atomic E-state index is 11.2. The summed E-state index contributed by atoms with van der Waals surface area (Å²) in [6, 6.07) is 2.45. The van der Waals surface area contributed by atoms with Crippen LogP contribution in [0.1, 0.15) is 49.3 Å². The Hall–Kier alpha value is -1.58. The van der Waals surface area contributed by atoms with E-state index >= 15 is 0 Å². The summed E-state index contributed by atoms with van der Waals surface area (Å²) < 4.78 is 0. The van der Waals surface area contributed by atoms with Gasteiger partial charge in [-0.3, -0.25) is 4.79 Å². The van der Waals surface area contributed by atoms with E-state index in [0.29, 0.717) is 0 Å². The number of amides is 1. The molecule has 0 bridgehead atoms. The van der Waals surface area contributed by atoms with Crippen molar-refractivity contribution in [2.24, 2.45) is 0 Å². The van der Waals surface area contributed by atoms with Gasteiger partial charge in [0.25, 0.3) is 0 Å². The minimum atomic E-state index is 0.222. The number of aromatic nitrogens is 1. The lowest BCUT2D eigenvalue weighted by Gasteiger charge is -2.33. The van der Waals surface area contributed by atoms with E-state index in [4.69, 9.17) is 0 Å². The molecule has 3 heterocycles. The molecule has 0 saturated carbocycles. The Balaban J connectivity index is 1.83. The van der Waals surface area contributed by atoms with Crippen LogP contribution in [0.2, 0.25) is 0 Å². The van der Waals surface area contributed by atoms with Gasteiger partial charge in [0, 0.05) is 25.8 Å². The zero-order valence-corrected chi connectivity index (χ0v) is 12.2. The van der Waals surface area contributed by atoms with Crippen LogP contribution in [-0.2, 0) is 4.79 Å². The van der Waals surface area contributed by atoms with Crippen molar-refractivity contribution >= 4 is 12.2 Å². The Bertz CT molecular complexity index is 483. The third-order valence-electron chi connectivity index (χ3n) is 4.54. The maximum Gasteiger partial charge on any atom is 0.210 e. The van der Waals surface area contributed by atoms with Crippen LogP contribution in [0.3, 0.4) is 0 Å². The van der Waals surface area contributed by atoms with Crippen molar-refractivity contribution < 1.29 is 4.79 Å². The molecule has 4 nitrogen and oxygen atoms in total. The molecule has 0 unspecified atom stereocenters. The number of carbonyl (C=O) groups excluding carboxylic acids is 1. The molecule has 1 amide bonds. The highest BCUT2D eigenvalue weighted by molar-refractivity contribution is 5.51. The second-order valence-corrected chi connectivity index (χ2v) is 5.96. The van der Waals surface area contributed by atoms with Crippen molar-refractivity contribution in [1.29, 1.82) is 0 Å². The number of rotatable bonds is 3. The van der Waals surface area contributed by atoms with Crippen LogP contribution in [0.5, 0.6) is 0 Å². The number of piperidine rings is 1. The van der Waals surface area contributed by atoms with Gasteiger partial charge in [0.05, 0.1) is 6.04 Å². The van der Waals surface area contributed by atoms with E-state index in [-0.39, 0.29) is 6.04 Å². The predicted molar refractivity (Wildman–Crippen MR) is 79.8 cm³/mol. The molecule has 0 aliphatic carbocycles. The molecule has 108 valence electrons. The molecule has 3 rings (SSSR count). The van der Waals surface area contributed by atoms with Gasteiger partial charge in [0.1, 0.15) is 5.82 Å². The summed E-state index contributed by atoms with van der Waals surface area (Å²) in [4.78, 5) is 20.2. The number of aryl methyl sites for hydroxylation is 1. The topological polar surface area (TPSA) is 36.4 Å². The van der Waals surface area contributed by atoms with Crippen LogP contribution in [0.25, 0.3) is 0 Å². The fourth-order valence-electron chi connectivity index (χ4n) is 3.47. The van der Waals surface area contributed by atoms with E-state index in [2.05, 4.69) is 22.9 Å². The minimum absolute atomic E-state index is 0.222. The summed E-state index contributed by atoms with van der Waals surface area (Å²) in [6.07, 6.45) is 8.88. The van der Waals surface area contributed by atoms with E-state index in [0.717, 1.165) is 44.7 Å². The molecule has 20 heavy (non-hydrogen) atoms. The van der Waals surface area contributed by atoms with Crippen molar-refractivity contribution in [1.82, 2.24) is 9.88 Å². The number of pyridine rings is 1. The molecule has 0 radical (unpaired) electrons. The first-order valence-corrected chi connectivity index (χ1v) is 7.72. The van der Waals surface area contributed by atoms with Gasteiger partial charge >= 0.3 is 0 Å². The molecular formula is C16H23N3O. The summed E-state index contributed by atoms with van der Waals surface area (Å²) in [5.41, 5.74) is 2.43. The third-order valence-corrected chi connectivity index (χ3v) is 4.54. The van der Waals surface area contributed by atoms with Gasteiger partial charge in [-0.05, 0) is 56.2 Å². The molecule has 2 aliphatic rings. The molecule has 1 aromatic heterocycles. The first-order valence-electron chi connectivity index (χ1n) is 7.72. The normalized spacial score (nSPS) is 23.1. The van der Waals surface area contributed by atoms with Crippen LogP contribution >= 0.6 is 0 Å². The Kier molecular flexibility index (Phi) is 3.90. The predicted octanol–water partition coefficient (Wildman–Crippen LogP) is 2.67. The lowest BCUT2D eigenvalue weighted by Crippen LogP contribution is -2.32. The van der Waals surface area contributed by atoms with Gasteiger partial charge < -0.3 is 9.80 Å². The zero-order valence-electron chi connectivity index (χ0n) is 12.2. The fourth-order valence-corrected chi connectivity index (χ4v) is 3.47. The smallest absolute Gasteiger partial charge is 0.210 e. The van der Waals surface area contributed by atoms with Crippen molar-refractivity contribution in [2.45, 2.75) is 45.1 Å². The van der Waals surface area contributed by atoms with Crippen molar-refractivity contribution in [3.63, 3.8) is 0 Å². The molecule has 4 heteroatoms. The summed E-state index contributed by atoms with van der Waals surface area (Å²) in [7, 11) is 0. The average Bonchev–Trinajstić information content (AvgIpc) is 3.01. The van der Waals surface area contributed by atoms with E-state index in [1.165, 1.54) is 30.4 Å². The quantitative estimate of drug-likeness (QED) is 0.794. The molecule has 2 saturated heterocycles. The van der Waals surface area contributed by atoms with Gasteiger partial charge in [-0.25, -0.2) is 4.98 Å². The van der Waals surface area contributed by atoms with E-state index in [9.17, 15) is 4.79 Å². The third kappa shape index (κ3) is 2.51. The van der Waals surface area contributed by atoms with Crippen LogP contribution in [0.4, 0.5) is 5.82 Å². The molecule has 2 fully saturated rings. The summed E-state index contributed by atoms with van der Waals surface area (Å²) in [6.45, 7) is 5.26. The maximum absolute atomic E-state index is 11.2. The van der Waals surface area contributed by atoms with Crippen molar-refractivity contribution in [2.75, 3.05) is 24.5 Å². The lowest BCUT2D eigenvalue weighted by atomic mass is 9.96. The summed E-state index contributed by atoms with van der Waals surface area (Å²) in [5.74, 6) is 1.12. The first kappa shape index (κ1) is 13.4. The summed E-state index contributed by atoms with van der Waals surface area (Å²) in [5, 5.41) is 0. The molecule has 1 atom stereocenters. The standard InChI is InChI=1S/C16H23N3O/c1-13-10-14(15-6-2-3-9-19(15)12-20)11-17-16(13)18-7-4-5-8-18/h10-12,15H,2-9H2,1H3/t15-/m0/s1. The van der Waals surface area contributed by atoms with Gasteiger partial charge in [-0.15, -0.1) is 0 Å². The largest absolute Gasteiger partial charge is 0.356 e. The van der Waals surface area contributed by atoms with E-state index in [1.54, 1.807) is 0 Å². The number of anilines is 1. The van der Waals surface area contributed by atoms with Gasteiger partial charge in [-0.2, -0.15) is 0 Å². The molecule has 2 aliphatic heterocycles. The van der Waals surface area contributed by atoms with Crippen LogP contribution < -0.4 is 4.90 Å². The minimum Gasteiger partial charge on any atom is -0.356 e. The molecule has 1 aromatic rings. The van der Waals surface area contributed by atoms with Gasteiger partial charge in [0.15, 0.2) is 0 Å². The average molecular weight is 273 g/mol. The zero-order chi connectivity index (χ0) is 13.9. The number of likely N-dealkylation sites (tertiary alicyclic amines) is 1. The Morgan fingerprint density at radius 3 is 2.65 bits per heavy atom. The van der Waals surface area contributed by atoms with E-state index < -0.39 is 0 Å². The fraction of sp³-hybridized carbons (Fsp3) is 0.625.